The van der Waals surface area contributed by atoms with Gasteiger partial charge in [-0.1, -0.05) is 33.8 Å². The minimum absolute atomic E-state index is 0.0650. The van der Waals surface area contributed by atoms with Crippen LogP contribution in [-0.4, -0.2) is 23.9 Å². The van der Waals surface area contributed by atoms with Crippen LogP contribution in [0.3, 0.4) is 0 Å². The van der Waals surface area contributed by atoms with Crippen molar-refractivity contribution >= 4 is 5.91 Å². The molecule has 0 aliphatic carbocycles. The molecule has 2 nitrogen and oxygen atoms in total. The van der Waals surface area contributed by atoms with Crippen LogP contribution in [0.5, 0.6) is 0 Å². The Balaban J connectivity index is 3.96. The van der Waals surface area contributed by atoms with Crippen LogP contribution in [0.1, 0.15) is 40.0 Å². The molecule has 0 unspecified atom stereocenters. The summed E-state index contributed by atoms with van der Waals surface area (Å²) in [7, 11) is 0. The van der Waals surface area contributed by atoms with Crippen LogP contribution in [0.15, 0.2) is 12.7 Å². The molecule has 0 spiro atoms. The Hall–Kier alpha value is -0.790. The molecule has 0 aromatic heterocycles. The molecule has 0 aliphatic heterocycles. The molecular weight excluding hydrogens is 174 g/mol. The van der Waals surface area contributed by atoms with Gasteiger partial charge >= 0.3 is 0 Å². The molecule has 0 radical (unpaired) electrons. The Morgan fingerprint density at radius 1 is 1.43 bits per heavy atom. The van der Waals surface area contributed by atoms with Crippen LogP contribution < -0.4 is 0 Å². The van der Waals surface area contributed by atoms with Crippen molar-refractivity contribution in [1.29, 1.82) is 0 Å². The van der Waals surface area contributed by atoms with Crippen molar-refractivity contribution in [3.8, 4) is 0 Å². The normalized spacial score (nSPS) is 12.2. The second-order valence-electron chi connectivity index (χ2n) is 3.83. The Morgan fingerprint density at radius 3 is 2.50 bits per heavy atom. The van der Waals surface area contributed by atoms with E-state index in [9.17, 15) is 4.79 Å². The minimum Gasteiger partial charge on any atom is -0.339 e. The van der Waals surface area contributed by atoms with Gasteiger partial charge in [0, 0.05) is 13.1 Å². The monoisotopic (exact) mass is 197 g/mol. The van der Waals surface area contributed by atoms with Crippen molar-refractivity contribution < 1.29 is 4.79 Å². The van der Waals surface area contributed by atoms with Gasteiger partial charge in [-0.3, -0.25) is 4.79 Å². The maximum absolute atomic E-state index is 11.4. The zero-order chi connectivity index (χ0) is 11.0. The Kier molecular flexibility index (Phi) is 7.17. The summed E-state index contributed by atoms with van der Waals surface area (Å²) in [6.45, 7) is 11.7. The number of carbonyl (C=O) groups is 1. The number of rotatable bonds is 7. The van der Waals surface area contributed by atoms with Gasteiger partial charge in [0.15, 0.2) is 0 Å². The van der Waals surface area contributed by atoms with Gasteiger partial charge in [0.2, 0.25) is 5.91 Å². The first-order chi connectivity index (χ1) is 6.65. The molecule has 0 rings (SSSR count). The molecule has 0 aromatic rings. The van der Waals surface area contributed by atoms with Gasteiger partial charge in [0.05, 0.1) is 0 Å². The van der Waals surface area contributed by atoms with Crippen LogP contribution in [0.25, 0.3) is 0 Å². The largest absolute Gasteiger partial charge is 0.339 e. The van der Waals surface area contributed by atoms with Crippen molar-refractivity contribution in [1.82, 2.24) is 4.90 Å². The maximum atomic E-state index is 11.4. The summed E-state index contributed by atoms with van der Waals surface area (Å²) in [5.74, 6) is 0.766. The zero-order valence-electron chi connectivity index (χ0n) is 9.75. The predicted molar refractivity (Wildman–Crippen MR) is 61.1 cm³/mol. The lowest BCUT2D eigenvalue weighted by Gasteiger charge is -2.22. The van der Waals surface area contributed by atoms with Gasteiger partial charge in [-0.15, -0.1) is 0 Å². The standard InChI is InChI=1S/C12H23NO/c1-5-9-13(12(14)7-3)10-8-11(4)6-2/h7,11H,3,5-6,8-10H2,1-2,4H3/t11-/m1/s1. The summed E-state index contributed by atoms with van der Waals surface area (Å²) in [5, 5.41) is 0. The van der Waals surface area contributed by atoms with Gasteiger partial charge in [-0.25, -0.2) is 0 Å². The Labute approximate surface area is 88.0 Å². The average Bonchev–Trinajstić information content (AvgIpc) is 2.22. The third-order valence-electron chi connectivity index (χ3n) is 2.57. The summed E-state index contributed by atoms with van der Waals surface area (Å²) in [6, 6.07) is 0. The van der Waals surface area contributed by atoms with Crippen molar-refractivity contribution in [3.63, 3.8) is 0 Å². The van der Waals surface area contributed by atoms with E-state index in [1.165, 1.54) is 12.5 Å². The Bertz CT molecular complexity index is 177. The average molecular weight is 197 g/mol. The number of hydrogen-bond acceptors (Lipinski definition) is 1. The van der Waals surface area contributed by atoms with E-state index >= 15 is 0 Å². The highest BCUT2D eigenvalue weighted by atomic mass is 16.2. The van der Waals surface area contributed by atoms with Gasteiger partial charge < -0.3 is 4.90 Å². The SMILES string of the molecule is C=CC(=O)N(CCC)CC[C@H](C)CC. The quantitative estimate of drug-likeness (QED) is 0.575. The summed E-state index contributed by atoms with van der Waals surface area (Å²) < 4.78 is 0. The molecule has 0 heterocycles. The molecule has 0 aromatic carbocycles. The summed E-state index contributed by atoms with van der Waals surface area (Å²) in [6.07, 6.45) is 4.70. The van der Waals surface area contributed by atoms with Crippen molar-refractivity contribution in [2.24, 2.45) is 5.92 Å². The smallest absolute Gasteiger partial charge is 0.245 e. The molecule has 0 saturated heterocycles. The van der Waals surface area contributed by atoms with Crippen molar-refractivity contribution in [3.05, 3.63) is 12.7 Å². The highest BCUT2D eigenvalue weighted by Crippen LogP contribution is 2.08. The molecule has 0 saturated carbocycles. The molecule has 14 heavy (non-hydrogen) atoms. The van der Waals surface area contributed by atoms with Crippen LogP contribution in [-0.2, 0) is 4.79 Å². The number of nitrogens with zero attached hydrogens (tertiary/aromatic N) is 1. The van der Waals surface area contributed by atoms with E-state index in [1.807, 2.05) is 4.90 Å². The number of amides is 1. The highest BCUT2D eigenvalue weighted by molar-refractivity contribution is 5.86. The van der Waals surface area contributed by atoms with E-state index in [0.717, 1.165) is 25.9 Å². The number of hydrogen-bond donors (Lipinski definition) is 0. The molecular formula is C12H23NO. The lowest BCUT2D eigenvalue weighted by Crippen LogP contribution is -2.31. The van der Waals surface area contributed by atoms with E-state index < -0.39 is 0 Å². The lowest BCUT2D eigenvalue weighted by atomic mass is 10.1. The van der Waals surface area contributed by atoms with E-state index in [2.05, 4.69) is 27.4 Å². The third-order valence-corrected chi connectivity index (χ3v) is 2.57. The van der Waals surface area contributed by atoms with Gasteiger partial charge in [-0.2, -0.15) is 0 Å². The maximum Gasteiger partial charge on any atom is 0.245 e. The topological polar surface area (TPSA) is 20.3 Å². The van der Waals surface area contributed by atoms with Crippen molar-refractivity contribution in [2.45, 2.75) is 40.0 Å². The first-order valence-electron chi connectivity index (χ1n) is 5.57. The van der Waals surface area contributed by atoms with Gasteiger partial charge in [-0.05, 0) is 24.8 Å². The molecule has 0 N–H and O–H groups in total. The zero-order valence-corrected chi connectivity index (χ0v) is 9.75. The fraction of sp³-hybridized carbons (Fsp3) is 0.750. The molecule has 1 atom stereocenters. The predicted octanol–water partition coefficient (Wildman–Crippen LogP) is 2.85. The first kappa shape index (κ1) is 13.2. The minimum atomic E-state index is 0.0650. The number of carbonyl (C=O) groups excluding carboxylic acids is 1. The van der Waals surface area contributed by atoms with Gasteiger partial charge in [0.25, 0.3) is 0 Å². The highest BCUT2D eigenvalue weighted by Gasteiger charge is 2.09. The fourth-order valence-corrected chi connectivity index (χ4v) is 1.31. The van der Waals surface area contributed by atoms with Crippen molar-refractivity contribution in [2.75, 3.05) is 13.1 Å². The molecule has 0 bridgehead atoms. The molecule has 82 valence electrons. The molecule has 0 aliphatic rings. The molecule has 0 fully saturated rings. The lowest BCUT2D eigenvalue weighted by molar-refractivity contribution is -0.126. The second kappa shape index (κ2) is 7.60. The Morgan fingerprint density at radius 2 is 2.07 bits per heavy atom. The van der Waals surface area contributed by atoms with E-state index in [4.69, 9.17) is 0 Å². The van der Waals surface area contributed by atoms with Crippen LogP contribution in [0, 0.1) is 5.92 Å². The second-order valence-corrected chi connectivity index (χ2v) is 3.83. The van der Waals surface area contributed by atoms with Gasteiger partial charge in [0.1, 0.15) is 0 Å². The first-order valence-corrected chi connectivity index (χ1v) is 5.57. The molecule has 1 amide bonds. The summed E-state index contributed by atoms with van der Waals surface area (Å²) >= 11 is 0. The van der Waals surface area contributed by atoms with Crippen LogP contribution >= 0.6 is 0 Å². The van der Waals surface area contributed by atoms with Crippen LogP contribution in [0.4, 0.5) is 0 Å². The summed E-state index contributed by atoms with van der Waals surface area (Å²) in [4.78, 5) is 13.3. The fourth-order valence-electron chi connectivity index (χ4n) is 1.31. The van der Waals surface area contributed by atoms with E-state index in [0.29, 0.717) is 5.92 Å². The molecule has 2 heteroatoms. The van der Waals surface area contributed by atoms with E-state index in [1.54, 1.807) is 0 Å². The third kappa shape index (κ3) is 5.05. The van der Waals surface area contributed by atoms with Crippen LogP contribution in [0.2, 0.25) is 0 Å². The summed E-state index contributed by atoms with van der Waals surface area (Å²) in [5.41, 5.74) is 0. The van der Waals surface area contributed by atoms with E-state index in [-0.39, 0.29) is 5.91 Å².